The highest BCUT2D eigenvalue weighted by molar-refractivity contribution is 5.55. The first-order valence-electron chi connectivity index (χ1n) is 8.19. The predicted molar refractivity (Wildman–Crippen MR) is 92.7 cm³/mol. The second-order valence-electron chi connectivity index (χ2n) is 6.29. The van der Waals surface area contributed by atoms with Gasteiger partial charge in [-0.25, -0.2) is 9.37 Å². The molecule has 26 heavy (non-hydrogen) atoms. The maximum absolute atomic E-state index is 13.3. The van der Waals surface area contributed by atoms with E-state index in [1.807, 2.05) is 35.7 Å². The lowest BCUT2D eigenvalue weighted by molar-refractivity contribution is 0.337. The fraction of sp³-hybridized carbons (Fsp3) is 0.167. The van der Waals surface area contributed by atoms with Gasteiger partial charge in [-0.3, -0.25) is 9.50 Å². The summed E-state index contributed by atoms with van der Waals surface area (Å²) >= 11 is 0. The first kappa shape index (κ1) is 15.0. The van der Waals surface area contributed by atoms with E-state index in [9.17, 15) is 4.39 Å². The summed E-state index contributed by atoms with van der Waals surface area (Å²) in [6.45, 7) is 2.38. The summed E-state index contributed by atoms with van der Waals surface area (Å²) in [6.07, 6.45) is 1.87. The lowest BCUT2D eigenvalue weighted by atomic mass is 9.99. The molecule has 0 bridgehead atoms. The van der Waals surface area contributed by atoms with Gasteiger partial charge in [-0.15, -0.1) is 0 Å². The van der Waals surface area contributed by atoms with Crippen molar-refractivity contribution in [3.05, 3.63) is 71.6 Å². The molecule has 5 rings (SSSR count). The van der Waals surface area contributed by atoms with E-state index in [0.29, 0.717) is 24.2 Å². The number of aromatic nitrogens is 5. The van der Waals surface area contributed by atoms with Crippen LogP contribution in [0, 0.1) is 12.7 Å². The van der Waals surface area contributed by atoms with E-state index in [0.717, 1.165) is 16.9 Å². The van der Waals surface area contributed by atoms with Crippen LogP contribution in [0.25, 0.3) is 5.65 Å². The Morgan fingerprint density at radius 3 is 2.73 bits per heavy atom. The van der Waals surface area contributed by atoms with Crippen molar-refractivity contribution in [1.82, 2.24) is 24.6 Å². The highest BCUT2D eigenvalue weighted by Gasteiger charge is 2.51. The molecule has 1 atom stereocenters. The number of halogens is 1. The molecule has 4 heterocycles. The molecule has 0 amide bonds. The highest BCUT2D eigenvalue weighted by atomic mass is 19.1. The molecule has 0 aliphatic carbocycles. The number of ether oxygens (including phenoxy) is 1. The molecule has 1 aromatic carbocycles. The first-order valence-corrected chi connectivity index (χ1v) is 8.19. The van der Waals surface area contributed by atoms with Gasteiger partial charge in [-0.2, -0.15) is 10.1 Å². The number of aryl methyl sites for hydroxylation is 1. The fourth-order valence-corrected chi connectivity index (χ4v) is 3.01. The van der Waals surface area contributed by atoms with Crippen LogP contribution in [0.4, 0.5) is 16.2 Å². The van der Waals surface area contributed by atoms with E-state index in [2.05, 4.69) is 25.5 Å². The standard InChI is InChI=1S/C18H15FN6O/c1-11-9-14(24-23-11)20-17-22-16(21-15-3-2-8-25(15)17)18(10-26-18)12-4-6-13(19)7-5-12/h2-9H,10H2,1H3,(H2,20,21,22,23,24). The van der Waals surface area contributed by atoms with Crippen molar-refractivity contribution in [2.45, 2.75) is 12.5 Å². The van der Waals surface area contributed by atoms with Crippen LogP contribution in [0.3, 0.4) is 0 Å². The lowest BCUT2D eigenvalue weighted by Gasteiger charge is -2.14. The molecule has 1 fully saturated rings. The summed E-state index contributed by atoms with van der Waals surface area (Å²) in [5.41, 5.74) is 1.77. The average Bonchev–Trinajstić information content (AvgIpc) is 3.12. The molecule has 4 aromatic rings. The number of anilines is 2. The van der Waals surface area contributed by atoms with Crippen molar-refractivity contribution in [3.8, 4) is 0 Å². The second-order valence-corrected chi connectivity index (χ2v) is 6.29. The van der Waals surface area contributed by atoms with Crippen molar-refractivity contribution in [2.75, 3.05) is 11.9 Å². The smallest absolute Gasteiger partial charge is 0.216 e. The number of nitrogens with one attached hydrogen (secondary N) is 2. The van der Waals surface area contributed by atoms with Gasteiger partial charge in [0.1, 0.15) is 11.5 Å². The molecular formula is C18H15FN6O. The number of hydrogen-bond acceptors (Lipinski definition) is 5. The Bertz CT molecular complexity index is 1100. The Kier molecular flexibility index (Phi) is 3.10. The van der Waals surface area contributed by atoms with Gasteiger partial charge in [0.2, 0.25) is 5.95 Å². The number of H-pyrrole nitrogens is 1. The summed E-state index contributed by atoms with van der Waals surface area (Å²) in [6, 6.07) is 11.9. The maximum Gasteiger partial charge on any atom is 0.216 e. The number of epoxide rings is 1. The number of rotatable bonds is 4. The number of benzene rings is 1. The summed E-state index contributed by atoms with van der Waals surface area (Å²) in [5, 5.41) is 10.3. The van der Waals surface area contributed by atoms with Gasteiger partial charge in [-0.1, -0.05) is 12.1 Å². The second kappa shape index (κ2) is 5.37. The van der Waals surface area contributed by atoms with Crippen molar-refractivity contribution in [3.63, 3.8) is 0 Å². The minimum atomic E-state index is -0.738. The van der Waals surface area contributed by atoms with Gasteiger partial charge in [0.15, 0.2) is 17.2 Å². The third-order valence-electron chi connectivity index (χ3n) is 4.44. The zero-order valence-electron chi connectivity index (χ0n) is 13.9. The molecule has 0 radical (unpaired) electrons. The van der Waals surface area contributed by atoms with Gasteiger partial charge < -0.3 is 10.1 Å². The van der Waals surface area contributed by atoms with E-state index in [1.54, 1.807) is 12.1 Å². The van der Waals surface area contributed by atoms with Gasteiger partial charge in [0, 0.05) is 18.0 Å². The Balaban J connectivity index is 1.61. The molecule has 1 saturated heterocycles. The number of aromatic amines is 1. The van der Waals surface area contributed by atoms with E-state index < -0.39 is 5.60 Å². The molecular weight excluding hydrogens is 335 g/mol. The topological polar surface area (TPSA) is 83.4 Å². The zero-order valence-corrected chi connectivity index (χ0v) is 13.9. The molecule has 3 aromatic heterocycles. The van der Waals surface area contributed by atoms with Crippen molar-refractivity contribution < 1.29 is 9.13 Å². The van der Waals surface area contributed by atoms with Crippen LogP contribution in [-0.4, -0.2) is 31.2 Å². The summed E-state index contributed by atoms with van der Waals surface area (Å²) in [4.78, 5) is 9.32. The van der Waals surface area contributed by atoms with E-state index in [1.165, 1.54) is 12.1 Å². The van der Waals surface area contributed by atoms with Crippen molar-refractivity contribution >= 4 is 17.4 Å². The largest absolute Gasteiger partial charge is 0.356 e. The Morgan fingerprint density at radius 1 is 1.23 bits per heavy atom. The minimum Gasteiger partial charge on any atom is -0.356 e. The van der Waals surface area contributed by atoms with Crippen LogP contribution in [0.2, 0.25) is 0 Å². The lowest BCUT2D eigenvalue weighted by Crippen LogP contribution is -2.18. The molecule has 130 valence electrons. The van der Waals surface area contributed by atoms with Crippen LogP contribution in [0.1, 0.15) is 17.1 Å². The number of hydrogen-bond donors (Lipinski definition) is 2. The maximum atomic E-state index is 13.3. The molecule has 0 spiro atoms. The fourth-order valence-electron chi connectivity index (χ4n) is 3.01. The molecule has 7 nitrogen and oxygen atoms in total. The third kappa shape index (κ3) is 2.34. The van der Waals surface area contributed by atoms with E-state index in [4.69, 9.17) is 4.74 Å². The van der Waals surface area contributed by atoms with Crippen LogP contribution >= 0.6 is 0 Å². The minimum absolute atomic E-state index is 0.288. The van der Waals surface area contributed by atoms with Gasteiger partial charge in [0.25, 0.3) is 0 Å². The van der Waals surface area contributed by atoms with Gasteiger partial charge >= 0.3 is 0 Å². The Morgan fingerprint density at radius 2 is 2.04 bits per heavy atom. The van der Waals surface area contributed by atoms with Crippen LogP contribution in [0.15, 0.2) is 48.7 Å². The molecule has 8 heteroatoms. The Hall–Kier alpha value is -3.26. The summed E-state index contributed by atoms with van der Waals surface area (Å²) < 4.78 is 20.9. The van der Waals surface area contributed by atoms with Crippen LogP contribution < -0.4 is 5.32 Å². The van der Waals surface area contributed by atoms with Crippen molar-refractivity contribution in [2.24, 2.45) is 0 Å². The molecule has 0 saturated carbocycles. The van der Waals surface area contributed by atoms with Crippen LogP contribution in [0.5, 0.6) is 0 Å². The van der Waals surface area contributed by atoms with Crippen molar-refractivity contribution in [1.29, 1.82) is 0 Å². The van der Waals surface area contributed by atoms with E-state index >= 15 is 0 Å². The molecule has 1 unspecified atom stereocenters. The normalized spacial score (nSPS) is 19.0. The quantitative estimate of drug-likeness (QED) is 0.553. The molecule has 1 aliphatic rings. The SMILES string of the molecule is Cc1cc(Nc2nc(C3(c4ccc(F)cc4)CO3)nc3cccn23)n[nH]1. The summed E-state index contributed by atoms with van der Waals surface area (Å²) in [7, 11) is 0. The Labute approximate surface area is 147 Å². The zero-order chi connectivity index (χ0) is 17.7. The number of fused-ring (bicyclic) bond motifs is 1. The average molecular weight is 350 g/mol. The number of nitrogens with zero attached hydrogens (tertiary/aromatic N) is 4. The highest BCUT2D eigenvalue weighted by Crippen LogP contribution is 2.43. The predicted octanol–water partition coefficient (Wildman–Crippen LogP) is 2.92. The first-order chi connectivity index (χ1) is 12.6. The van der Waals surface area contributed by atoms with Gasteiger partial charge in [-0.05, 0) is 36.8 Å². The monoisotopic (exact) mass is 350 g/mol. The van der Waals surface area contributed by atoms with E-state index in [-0.39, 0.29) is 5.82 Å². The van der Waals surface area contributed by atoms with Gasteiger partial charge in [0.05, 0.1) is 6.61 Å². The third-order valence-corrected chi connectivity index (χ3v) is 4.44. The van der Waals surface area contributed by atoms with Crippen LogP contribution in [-0.2, 0) is 10.3 Å². The summed E-state index contributed by atoms with van der Waals surface area (Å²) in [5.74, 6) is 1.49. The molecule has 1 aliphatic heterocycles. The molecule has 2 N–H and O–H groups in total.